The van der Waals surface area contributed by atoms with Gasteiger partial charge in [-0.2, -0.15) is 13.2 Å². The third-order valence-electron chi connectivity index (χ3n) is 5.39. The molecule has 1 N–H and O–H groups in total. The van der Waals surface area contributed by atoms with Gasteiger partial charge in [0.05, 0.1) is 42.4 Å². The smallest absolute Gasteiger partial charge is 0.377 e. The molecule has 9 heteroatoms. The van der Waals surface area contributed by atoms with E-state index in [-0.39, 0.29) is 0 Å². The second kappa shape index (κ2) is 7.74. The maximum atomic E-state index is 13.0. The van der Waals surface area contributed by atoms with Crippen LogP contribution >= 0.6 is 11.9 Å². The number of aromatic nitrogens is 3. The highest BCUT2D eigenvalue weighted by molar-refractivity contribution is 7.97. The molecule has 0 bridgehead atoms. The van der Waals surface area contributed by atoms with Crippen LogP contribution in [0.15, 0.2) is 66.1 Å². The van der Waals surface area contributed by atoms with Gasteiger partial charge in [-0.1, -0.05) is 0 Å². The zero-order valence-electron chi connectivity index (χ0n) is 16.6. The topological polar surface area (TPSA) is 44.0 Å². The van der Waals surface area contributed by atoms with E-state index in [2.05, 4.69) is 15.8 Å². The van der Waals surface area contributed by atoms with E-state index in [1.807, 2.05) is 40.7 Å². The second-order valence-corrected chi connectivity index (χ2v) is 8.42. The van der Waals surface area contributed by atoms with Crippen molar-refractivity contribution >= 4 is 22.9 Å². The quantitative estimate of drug-likeness (QED) is 0.424. The first kappa shape index (κ1) is 20.2. The van der Waals surface area contributed by atoms with Crippen molar-refractivity contribution < 1.29 is 17.9 Å². The summed E-state index contributed by atoms with van der Waals surface area (Å²) in [6.07, 6.45) is 1.37. The van der Waals surface area contributed by atoms with E-state index in [1.54, 1.807) is 6.33 Å². The molecule has 0 atom stereocenters. The average molecular weight is 444 g/mol. The Morgan fingerprint density at radius 2 is 1.87 bits per heavy atom. The van der Waals surface area contributed by atoms with Gasteiger partial charge in [0.25, 0.3) is 0 Å². The molecule has 0 radical (unpaired) electrons. The van der Waals surface area contributed by atoms with Crippen LogP contribution in [0, 0.1) is 0 Å². The second-order valence-electron chi connectivity index (χ2n) is 7.34. The van der Waals surface area contributed by atoms with Crippen LogP contribution in [0.3, 0.4) is 0 Å². The van der Waals surface area contributed by atoms with Gasteiger partial charge in [0.15, 0.2) is 0 Å². The van der Waals surface area contributed by atoms with Crippen molar-refractivity contribution in [2.24, 2.45) is 0 Å². The van der Waals surface area contributed by atoms with E-state index in [0.29, 0.717) is 24.9 Å². The molecule has 31 heavy (non-hydrogen) atoms. The first-order valence-corrected chi connectivity index (χ1v) is 10.5. The van der Waals surface area contributed by atoms with E-state index in [1.165, 1.54) is 24.1 Å². The number of fused-ring (bicyclic) bond motifs is 1. The van der Waals surface area contributed by atoms with Crippen molar-refractivity contribution in [2.75, 3.05) is 20.3 Å². The van der Waals surface area contributed by atoms with Gasteiger partial charge in [-0.3, -0.25) is 4.72 Å². The third-order valence-corrected chi connectivity index (χ3v) is 6.08. The highest BCUT2D eigenvalue weighted by atomic mass is 32.2. The van der Waals surface area contributed by atoms with E-state index in [0.717, 1.165) is 39.2 Å². The maximum Gasteiger partial charge on any atom is 0.416 e. The number of benzene rings is 2. The lowest BCUT2D eigenvalue weighted by atomic mass is 10.1. The summed E-state index contributed by atoms with van der Waals surface area (Å²) in [5.41, 5.74) is 2.63. The van der Waals surface area contributed by atoms with Crippen LogP contribution in [0.2, 0.25) is 0 Å². The molecule has 1 aliphatic rings. The Bertz CT molecular complexity index is 1230. The minimum absolute atomic E-state index is 0.292. The normalized spacial score (nSPS) is 14.8. The van der Waals surface area contributed by atoms with Crippen LogP contribution < -0.4 is 4.72 Å². The van der Waals surface area contributed by atoms with Crippen molar-refractivity contribution in [3.05, 3.63) is 66.7 Å². The van der Waals surface area contributed by atoms with E-state index >= 15 is 0 Å². The van der Waals surface area contributed by atoms with Crippen molar-refractivity contribution in [3.63, 3.8) is 0 Å². The Kier molecular flexibility index (Phi) is 5.04. The lowest BCUT2D eigenvalue weighted by Gasteiger charge is -2.26. The predicted octanol–water partition coefficient (Wildman–Crippen LogP) is 5.31. The Morgan fingerprint density at radius 3 is 2.52 bits per heavy atom. The van der Waals surface area contributed by atoms with Crippen LogP contribution in [0.25, 0.3) is 27.8 Å². The van der Waals surface area contributed by atoms with Crippen LogP contribution in [0.1, 0.15) is 11.6 Å². The van der Waals surface area contributed by atoms with E-state index in [4.69, 9.17) is 4.74 Å². The number of rotatable bonds is 5. The molecular weight excluding hydrogens is 425 g/mol. The number of ether oxygens (including phenoxy) is 1. The summed E-state index contributed by atoms with van der Waals surface area (Å²) in [6, 6.07) is 11.5. The SMILES string of the molecule is CNSc1ccc2c(c1)c(-c1cn(C3COC3)cn1)cn2-c1ccc(C(F)(F)F)cc1. The molecule has 3 heterocycles. The minimum Gasteiger partial charge on any atom is -0.377 e. The molecule has 0 aliphatic carbocycles. The van der Waals surface area contributed by atoms with Crippen molar-refractivity contribution in [3.8, 4) is 16.9 Å². The van der Waals surface area contributed by atoms with Gasteiger partial charge in [0.1, 0.15) is 0 Å². The maximum absolute atomic E-state index is 13.0. The summed E-state index contributed by atoms with van der Waals surface area (Å²) in [5.74, 6) is 0. The fraction of sp³-hybridized carbons (Fsp3) is 0.227. The summed E-state index contributed by atoms with van der Waals surface area (Å²) in [4.78, 5) is 5.63. The number of hydrogen-bond acceptors (Lipinski definition) is 4. The Labute approximate surface area is 181 Å². The fourth-order valence-corrected chi connectivity index (χ4v) is 4.24. The number of halogens is 3. The van der Waals surface area contributed by atoms with Crippen LogP contribution in [-0.2, 0) is 10.9 Å². The van der Waals surface area contributed by atoms with Crippen molar-refractivity contribution in [1.29, 1.82) is 0 Å². The summed E-state index contributed by atoms with van der Waals surface area (Å²) in [5, 5.41) is 0.982. The number of imidazole rings is 1. The molecule has 1 fully saturated rings. The minimum atomic E-state index is -4.36. The van der Waals surface area contributed by atoms with Gasteiger partial charge < -0.3 is 13.9 Å². The van der Waals surface area contributed by atoms with Gasteiger partial charge in [0.2, 0.25) is 0 Å². The van der Waals surface area contributed by atoms with Crippen LogP contribution in [0.4, 0.5) is 13.2 Å². The lowest BCUT2D eigenvalue weighted by molar-refractivity contribution is -0.137. The average Bonchev–Trinajstić information content (AvgIpc) is 3.31. The Morgan fingerprint density at radius 1 is 1.10 bits per heavy atom. The van der Waals surface area contributed by atoms with Gasteiger partial charge in [-0.05, 0) is 61.5 Å². The fourth-order valence-electron chi connectivity index (χ4n) is 3.69. The molecule has 0 saturated carbocycles. The number of alkyl halides is 3. The summed E-state index contributed by atoms with van der Waals surface area (Å²) in [6.45, 7) is 1.35. The van der Waals surface area contributed by atoms with Gasteiger partial charge in [-0.15, -0.1) is 0 Å². The van der Waals surface area contributed by atoms with Crippen LogP contribution in [0.5, 0.6) is 0 Å². The van der Waals surface area contributed by atoms with E-state index < -0.39 is 11.7 Å². The monoisotopic (exact) mass is 444 g/mol. The summed E-state index contributed by atoms with van der Waals surface area (Å²) in [7, 11) is 1.85. The molecule has 4 aromatic rings. The number of hydrogen-bond donors (Lipinski definition) is 1. The summed E-state index contributed by atoms with van der Waals surface area (Å²) >= 11 is 1.50. The predicted molar refractivity (Wildman–Crippen MR) is 114 cm³/mol. The molecule has 1 aliphatic heterocycles. The molecular formula is C22H19F3N4OS. The molecule has 5 nitrogen and oxygen atoms in total. The first-order chi connectivity index (χ1) is 14.9. The molecule has 2 aromatic carbocycles. The molecule has 2 aromatic heterocycles. The largest absolute Gasteiger partial charge is 0.416 e. The van der Waals surface area contributed by atoms with Gasteiger partial charge >= 0.3 is 6.18 Å². The molecule has 0 unspecified atom stereocenters. The van der Waals surface area contributed by atoms with Crippen molar-refractivity contribution in [2.45, 2.75) is 17.1 Å². The van der Waals surface area contributed by atoms with Crippen LogP contribution in [-0.4, -0.2) is 34.4 Å². The molecule has 0 spiro atoms. The third kappa shape index (κ3) is 3.73. The lowest BCUT2D eigenvalue weighted by Crippen LogP contribution is -2.29. The number of nitrogens with one attached hydrogen (secondary N) is 1. The number of nitrogens with zero attached hydrogens (tertiary/aromatic N) is 3. The first-order valence-electron chi connectivity index (χ1n) is 9.72. The van der Waals surface area contributed by atoms with Crippen molar-refractivity contribution in [1.82, 2.24) is 18.8 Å². The van der Waals surface area contributed by atoms with Gasteiger partial charge in [0, 0.05) is 33.9 Å². The highest BCUT2D eigenvalue weighted by Gasteiger charge is 2.30. The zero-order chi connectivity index (χ0) is 21.6. The van der Waals surface area contributed by atoms with E-state index in [9.17, 15) is 13.2 Å². The standard InChI is InChI=1S/C22H19F3N4OS/c1-26-31-17-6-7-21-18(8-17)19(20-10-28(13-27-20)16-11-30-12-16)9-29(21)15-4-2-14(3-5-15)22(23,24)25/h2-10,13,16,26H,11-12H2,1H3. The highest BCUT2D eigenvalue weighted by Crippen LogP contribution is 2.36. The molecule has 0 amide bonds. The molecule has 1 saturated heterocycles. The van der Waals surface area contributed by atoms with Gasteiger partial charge in [-0.25, -0.2) is 4.98 Å². The molecule has 5 rings (SSSR count). The zero-order valence-corrected chi connectivity index (χ0v) is 17.4. The Balaban J connectivity index is 1.62. The Hall–Kier alpha value is -2.75. The molecule has 160 valence electrons. The summed E-state index contributed by atoms with van der Waals surface area (Å²) < 4.78 is 51.2.